The minimum atomic E-state index is -0.151. The average molecular weight is 531 g/mol. The van der Waals surface area contributed by atoms with E-state index in [2.05, 4.69) is 62.2 Å². The lowest BCUT2D eigenvalue weighted by molar-refractivity contribution is -0.149. The van der Waals surface area contributed by atoms with Gasteiger partial charge in [0.25, 0.3) is 0 Å². The Morgan fingerprint density at radius 3 is 2.47 bits per heavy atom. The SMILES string of the molecule is CCNC(=NCc1cccc(COC(C)(C)C)c1)N1CCC(C(=O)OCC)CC1.I. The molecule has 1 aliphatic heterocycles. The van der Waals surface area contributed by atoms with E-state index in [0.717, 1.165) is 49.6 Å². The molecule has 0 amide bonds. The number of piperidine rings is 1. The molecular weight excluding hydrogens is 493 g/mol. The van der Waals surface area contributed by atoms with E-state index >= 15 is 0 Å². The number of likely N-dealkylation sites (tertiary alicyclic amines) is 1. The van der Waals surface area contributed by atoms with Gasteiger partial charge < -0.3 is 19.7 Å². The number of carbonyl (C=O) groups is 1. The topological polar surface area (TPSA) is 63.2 Å². The number of hydrogen-bond acceptors (Lipinski definition) is 4. The van der Waals surface area contributed by atoms with Crippen molar-refractivity contribution in [2.24, 2.45) is 10.9 Å². The van der Waals surface area contributed by atoms with Gasteiger partial charge in [0.2, 0.25) is 0 Å². The molecule has 1 N–H and O–H groups in total. The minimum absolute atomic E-state index is 0. The molecule has 1 heterocycles. The molecule has 1 saturated heterocycles. The van der Waals surface area contributed by atoms with Crippen LogP contribution in [0.3, 0.4) is 0 Å². The maximum Gasteiger partial charge on any atom is 0.309 e. The third kappa shape index (κ3) is 9.20. The molecule has 0 radical (unpaired) electrons. The largest absolute Gasteiger partial charge is 0.466 e. The highest BCUT2D eigenvalue weighted by Crippen LogP contribution is 2.19. The summed E-state index contributed by atoms with van der Waals surface area (Å²) in [6.07, 6.45) is 1.62. The van der Waals surface area contributed by atoms with Gasteiger partial charge in [-0.25, -0.2) is 4.99 Å². The highest BCUT2D eigenvalue weighted by atomic mass is 127. The monoisotopic (exact) mass is 531 g/mol. The van der Waals surface area contributed by atoms with Gasteiger partial charge in [-0.3, -0.25) is 4.79 Å². The second-order valence-electron chi connectivity index (χ2n) is 8.40. The Hall–Kier alpha value is -1.35. The number of guanidine groups is 1. The predicted octanol–water partition coefficient (Wildman–Crippen LogP) is 4.36. The number of halogens is 1. The molecule has 30 heavy (non-hydrogen) atoms. The molecule has 1 aliphatic rings. The fraction of sp³-hybridized carbons (Fsp3) is 0.652. The Kier molecular flexibility index (Phi) is 11.7. The summed E-state index contributed by atoms with van der Waals surface area (Å²) in [5.74, 6) is 0.850. The summed E-state index contributed by atoms with van der Waals surface area (Å²) in [4.78, 5) is 19.0. The normalized spacial score (nSPS) is 15.5. The molecular formula is C23H38IN3O3. The predicted molar refractivity (Wildman–Crippen MR) is 132 cm³/mol. The first kappa shape index (κ1) is 26.7. The molecule has 1 aromatic carbocycles. The van der Waals surface area contributed by atoms with E-state index in [1.165, 1.54) is 0 Å². The molecule has 0 saturated carbocycles. The second-order valence-corrected chi connectivity index (χ2v) is 8.40. The zero-order chi connectivity index (χ0) is 21.3. The Bertz CT molecular complexity index is 681. The van der Waals surface area contributed by atoms with Gasteiger partial charge in [0.15, 0.2) is 5.96 Å². The number of benzene rings is 1. The van der Waals surface area contributed by atoms with Crippen molar-refractivity contribution < 1.29 is 14.3 Å². The molecule has 170 valence electrons. The van der Waals surface area contributed by atoms with Crippen LogP contribution in [0.5, 0.6) is 0 Å². The Labute approximate surface area is 198 Å². The molecule has 1 fully saturated rings. The van der Waals surface area contributed by atoms with Crippen LogP contribution in [-0.4, -0.2) is 48.7 Å². The maximum atomic E-state index is 12.0. The van der Waals surface area contributed by atoms with Crippen LogP contribution in [0.25, 0.3) is 0 Å². The summed E-state index contributed by atoms with van der Waals surface area (Å²) in [5.41, 5.74) is 2.17. The zero-order valence-electron chi connectivity index (χ0n) is 19.1. The number of aliphatic imine (C=N–C) groups is 1. The van der Waals surface area contributed by atoms with E-state index in [1.54, 1.807) is 0 Å². The van der Waals surface area contributed by atoms with Crippen molar-refractivity contribution in [1.29, 1.82) is 0 Å². The first-order valence-electron chi connectivity index (χ1n) is 10.7. The third-order valence-corrected chi connectivity index (χ3v) is 4.82. The summed E-state index contributed by atoms with van der Waals surface area (Å²) < 4.78 is 11.1. The van der Waals surface area contributed by atoms with Crippen LogP contribution in [0.15, 0.2) is 29.3 Å². The van der Waals surface area contributed by atoms with Crippen LogP contribution in [0.1, 0.15) is 58.6 Å². The summed E-state index contributed by atoms with van der Waals surface area (Å²) in [6.45, 7) is 14.2. The molecule has 0 atom stereocenters. The highest BCUT2D eigenvalue weighted by Gasteiger charge is 2.27. The fourth-order valence-corrected chi connectivity index (χ4v) is 3.30. The van der Waals surface area contributed by atoms with Crippen molar-refractivity contribution in [2.75, 3.05) is 26.2 Å². The van der Waals surface area contributed by atoms with Crippen molar-refractivity contribution in [3.63, 3.8) is 0 Å². The van der Waals surface area contributed by atoms with Crippen LogP contribution < -0.4 is 5.32 Å². The van der Waals surface area contributed by atoms with Crippen molar-refractivity contribution in [1.82, 2.24) is 10.2 Å². The van der Waals surface area contributed by atoms with E-state index in [1.807, 2.05) is 6.92 Å². The summed E-state index contributed by atoms with van der Waals surface area (Å²) in [7, 11) is 0. The van der Waals surface area contributed by atoms with Gasteiger partial charge in [0, 0.05) is 19.6 Å². The quantitative estimate of drug-likeness (QED) is 0.245. The lowest BCUT2D eigenvalue weighted by Crippen LogP contribution is -2.46. The molecule has 0 aliphatic carbocycles. The van der Waals surface area contributed by atoms with Gasteiger partial charge in [-0.1, -0.05) is 24.3 Å². The Morgan fingerprint density at radius 1 is 1.20 bits per heavy atom. The molecule has 6 nitrogen and oxygen atoms in total. The van der Waals surface area contributed by atoms with E-state index < -0.39 is 0 Å². The van der Waals surface area contributed by atoms with Crippen LogP contribution in [0.2, 0.25) is 0 Å². The fourth-order valence-electron chi connectivity index (χ4n) is 3.30. The number of nitrogens with zero attached hydrogens (tertiary/aromatic N) is 2. The van der Waals surface area contributed by atoms with Crippen molar-refractivity contribution in [2.45, 2.75) is 66.2 Å². The van der Waals surface area contributed by atoms with Crippen LogP contribution in [0.4, 0.5) is 0 Å². The van der Waals surface area contributed by atoms with Gasteiger partial charge in [-0.2, -0.15) is 0 Å². The molecule has 0 unspecified atom stereocenters. The van der Waals surface area contributed by atoms with E-state index in [4.69, 9.17) is 14.5 Å². The first-order chi connectivity index (χ1) is 13.8. The highest BCUT2D eigenvalue weighted by molar-refractivity contribution is 14.0. The molecule has 0 aromatic heterocycles. The summed E-state index contributed by atoms with van der Waals surface area (Å²) in [6, 6.07) is 8.40. The minimum Gasteiger partial charge on any atom is -0.466 e. The van der Waals surface area contributed by atoms with Gasteiger partial charge in [-0.05, 0) is 58.6 Å². The van der Waals surface area contributed by atoms with Crippen LogP contribution >= 0.6 is 24.0 Å². The van der Waals surface area contributed by atoms with Gasteiger partial charge >= 0.3 is 5.97 Å². The number of hydrogen-bond donors (Lipinski definition) is 1. The molecule has 0 bridgehead atoms. The zero-order valence-corrected chi connectivity index (χ0v) is 21.4. The Morgan fingerprint density at radius 2 is 1.87 bits per heavy atom. The van der Waals surface area contributed by atoms with Crippen molar-refractivity contribution >= 4 is 35.9 Å². The molecule has 2 rings (SSSR count). The van der Waals surface area contributed by atoms with Crippen molar-refractivity contribution in [3.8, 4) is 0 Å². The Balaban J connectivity index is 0.00000450. The number of rotatable bonds is 7. The molecule has 7 heteroatoms. The number of carbonyl (C=O) groups excluding carboxylic acids is 1. The second kappa shape index (κ2) is 13.1. The van der Waals surface area contributed by atoms with E-state index in [9.17, 15) is 4.79 Å². The lowest BCUT2D eigenvalue weighted by atomic mass is 9.97. The third-order valence-electron chi connectivity index (χ3n) is 4.82. The summed E-state index contributed by atoms with van der Waals surface area (Å²) in [5, 5.41) is 3.39. The number of nitrogens with one attached hydrogen (secondary N) is 1. The summed E-state index contributed by atoms with van der Waals surface area (Å²) >= 11 is 0. The van der Waals surface area contributed by atoms with Crippen LogP contribution in [-0.2, 0) is 27.4 Å². The van der Waals surface area contributed by atoms with E-state index in [0.29, 0.717) is 19.8 Å². The van der Waals surface area contributed by atoms with Gasteiger partial charge in [-0.15, -0.1) is 24.0 Å². The molecule has 0 spiro atoms. The smallest absolute Gasteiger partial charge is 0.309 e. The van der Waals surface area contributed by atoms with Gasteiger partial charge in [0.05, 0.1) is 31.3 Å². The van der Waals surface area contributed by atoms with Gasteiger partial charge in [0.1, 0.15) is 0 Å². The standard InChI is InChI=1S/C23H37N3O3.HI/c1-6-24-22(26-13-11-20(12-14-26)21(27)28-7-2)25-16-18-9-8-10-19(15-18)17-29-23(3,4)5;/h8-10,15,20H,6-7,11-14,16-17H2,1-5H3,(H,24,25);1H. The first-order valence-corrected chi connectivity index (χ1v) is 10.7. The average Bonchev–Trinajstić information content (AvgIpc) is 2.70. The molecule has 1 aromatic rings. The number of esters is 1. The number of ether oxygens (including phenoxy) is 2. The van der Waals surface area contributed by atoms with Crippen LogP contribution in [0, 0.1) is 5.92 Å². The lowest BCUT2D eigenvalue weighted by Gasteiger charge is -2.33. The van der Waals surface area contributed by atoms with E-state index in [-0.39, 0.29) is 41.5 Å². The van der Waals surface area contributed by atoms with Crippen molar-refractivity contribution in [3.05, 3.63) is 35.4 Å². The maximum absolute atomic E-state index is 12.0.